The summed E-state index contributed by atoms with van der Waals surface area (Å²) in [6.07, 6.45) is 1.66. The number of carbonyl (C=O) groups excluding carboxylic acids is 1. The van der Waals surface area contributed by atoms with Gasteiger partial charge in [-0.25, -0.2) is 0 Å². The highest BCUT2D eigenvalue weighted by molar-refractivity contribution is 5.77. The predicted molar refractivity (Wildman–Crippen MR) is 88.1 cm³/mol. The zero-order chi connectivity index (χ0) is 16.9. The zero-order valence-electron chi connectivity index (χ0n) is 13.7. The summed E-state index contributed by atoms with van der Waals surface area (Å²) >= 11 is 0. The van der Waals surface area contributed by atoms with Crippen LogP contribution in [-0.4, -0.2) is 16.0 Å². The van der Waals surface area contributed by atoms with Gasteiger partial charge in [0.1, 0.15) is 0 Å². The minimum Gasteiger partial charge on any atom is -0.459 e. The number of hydrogen-bond donors (Lipinski definition) is 1. The lowest BCUT2D eigenvalue weighted by Gasteiger charge is -2.03. The lowest BCUT2D eigenvalue weighted by atomic mass is 10.0. The van der Waals surface area contributed by atoms with E-state index in [0.717, 1.165) is 11.1 Å². The number of hydrogen-bond acceptors (Lipinski definition) is 5. The van der Waals surface area contributed by atoms with Gasteiger partial charge in [0.25, 0.3) is 5.89 Å². The Kier molecular flexibility index (Phi) is 4.74. The highest BCUT2D eigenvalue weighted by Crippen LogP contribution is 2.28. The van der Waals surface area contributed by atoms with Crippen LogP contribution in [-0.2, 0) is 17.8 Å². The fourth-order valence-electron chi connectivity index (χ4n) is 2.37. The van der Waals surface area contributed by atoms with Gasteiger partial charge in [-0.3, -0.25) is 4.79 Å². The first-order valence-electron chi connectivity index (χ1n) is 7.84. The number of aromatic nitrogens is 2. The first-order valence-corrected chi connectivity index (χ1v) is 7.84. The third-order valence-electron chi connectivity index (χ3n) is 3.63. The zero-order valence-corrected chi connectivity index (χ0v) is 13.7. The van der Waals surface area contributed by atoms with Crippen LogP contribution >= 0.6 is 0 Å². The molecule has 0 aliphatic heterocycles. The van der Waals surface area contributed by atoms with Crippen molar-refractivity contribution in [2.24, 2.45) is 0 Å². The van der Waals surface area contributed by atoms with Crippen molar-refractivity contribution in [1.82, 2.24) is 15.5 Å². The van der Waals surface area contributed by atoms with Gasteiger partial charge in [-0.1, -0.05) is 49.3 Å². The summed E-state index contributed by atoms with van der Waals surface area (Å²) in [5.41, 5.74) is 2.04. The van der Waals surface area contributed by atoms with E-state index in [0.29, 0.717) is 24.0 Å². The van der Waals surface area contributed by atoms with Crippen molar-refractivity contribution in [3.63, 3.8) is 0 Å². The number of benzene rings is 1. The van der Waals surface area contributed by atoms with E-state index in [1.165, 1.54) is 0 Å². The third kappa shape index (κ3) is 3.71. The van der Waals surface area contributed by atoms with Crippen LogP contribution in [0.3, 0.4) is 0 Å². The average Bonchev–Trinajstić information content (AvgIpc) is 3.22. The van der Waals surface area contributed by atoms with Crippen molar-refractivity contribution < 1.29 is 13.7 Å². The minimum atomic E-state index is -0.158. The van der Waals surface area contributed by atoms with E-state index in [4.69, 9.17) is 8.94 Å². The van der Waals surface area contributed by atoms with Crippen molar-refractivity contribution >= 4 is 5.91 Å². The Balaban J connectivity index is 1.61. The SMILES string of the molecule is CC(C)c1ccoc1-c1nc(CC(=O)NCc2ccccc2)no1. The van der Waals surface area contributed by atoms with Crippen LogP contribution in [0.15, 0.2) is 51.6 Å². The molecule has 0 saturated carbocycles. The Morgan fingerprint density at radius 1 is 1.21 bits per heavy atom. The quantitative estimate of drug-likeness (QED) is 0.752. The van der Waals surface area contributed by atoms with Crippen LogP contribution in [0.2, 0.25) is 0 Å². The van der Waals surface area contributed by atoms with E-state index in [1.807, 2.05) is 36.4 Å². The molecule has 0 aliphatic rings. The van der Waals surface area contributed by atoms with Crippen molar-refractivity contribution in [3.8, 4) is 11.7 Å². The highest BCUT2D eigenvalue weighted by Gasteiger charge is 2.19. The Morgan fingerprint density at radius 2 is 2.00 bits per heavy atom. The molecule has 1 aromatic carbocycles. The number of carbonyl (C=O) groups is 1. The van der Waals surface area contributed by atoms with E-state index >= 15 is 0 Å². The van der Waals surface area contributed by atoms with Crippen molar-refractivity contribution in [3.05, 3.63) is 59.6 Å². The Bertz CT molecular complexity index is 806. The number of furan rings is 1. The monoisotopic (exact) mass is 325 g/mol. The van der Waals surface area contributed by atoms with E-state index in [9.17, 15) is 4.79 Å². The third-order valence-corrected chi connectivity index (χ3v) is 3.63. The van der Waals surface area contributed by atoms with Gasteiger partial charge in [0.2, 0.25) is 5.91 Å². The molecule has 0 atom stereocenters. The average molecular weight is 325 g/mol. The Morgan fingerprint density at radius 3 is 2.75 bits per heavy atom. The minimum absolute atomic E-state index is 0.0635. The topological polar surface area (TPSA) is 81.2 Å². The molecule has 24 heavy (non-hydrogen) atoms. The lowest BCUT2D eigenvalue weighted by Crippen LogP contribution is -2.24. The van der Waals surface area contributed by atoms with Gasteiger partial charge in [-0.15, -0.1) is 0 Å². The molecule has 6 heteroatoms. The van der Waals surface area contributed by atoms with Gasteiger partial charge in [-0.2, -0.15) is 4.98 Å². The lowest BCUT2D eigenvalue weighted by molar-refractivity contribution is -0.120. The molecular weight excluding hydrogens is 306 g/mol. The van der Waals surface area contributed by atoms with E-state index in [2.05, 4.69) is 29.3 Å². The molecule has 0 saturated heterocycles. The van der Waals surface area contributed by atoms with Crippen LogP contribution in [0.5, 0.6) is 0 Å². The highest BCUT2D eigenvalue weighted by atomic mass is 16.5. The summed E-state index contributed by atoms with van der Waals surface area (Å²) in [5.74, 6) is 1.32. The van der Waals surface area contributed by atoms with E-state index in [-0.39, 0.29) is 18.2 Å². The number of rotatable bonds is 6. The van der Waals surface area contributed by atoms with Crippen LogP contribution in [0.1, 0.15) is 36.7 Å². The molecule has 2 heterocycles. The molecule has 3 rings (SSSR count). The second kappa shape index (κ2) is 7.12. The molecule has 0 bridgehead atoms. The molecule has 0 aliphatic carbocycles. The molecule has 0 spiro atoms. The molecule has 3 aromatic rings. The largest absolute Gasteiger partial charge is 0.459 e. The summed E-state index contributed by atoms with van der Waals surface area (Å²) in [6, 6.07) is 11.6. The first kappa shape index (κ1) is 16.0. The van der Waals surface area contributed by atoms with E-state index in [1.54, 1.807) is 6.26 Å². The van der Waals surface area contributed by atoms with Gasteiger partial charge in [0, 0.05) is 12.1 Å². The van der Waals surface area contributed by atoms with E-state index < -0.39 is 0 Å². The fraction of sp³-hybridized carbons (Fsp3) is 0.278. The molecule has 124 valence electrons. The number of nitrogens with zero attached hydrogens (tertiary/aromatic N) is 2. The van der Waals surface area contributed by atoms with Gasteiger partial charge < -0.3 is 14.3 Å². The molecule has 0 radical (unpaired) electrons. The second-order valence-corrected chi connectivity index (χ2v) is 5.81. The van der Waals surface area contributed by atoms with Crippen LogP contribution in [0.25, 0.3) is 11.7 Å². The maximum atomic E-state index is 12.0. The summed E-state index contributed by atoms with van der Waals surface area (Å²) in [4.78, 5) is 16.3. The van der Waals surface area contributed by atoms with Crippen molar-refractivity contribution in [2.45, 2.75) is 32.7 Å². The fourth-order valence-corrected chi connectivity index (χ4v) is 2.37. The molecular formula is C18H19N3O3. The van der Waals surface area contributed by atoms with Gasteiger partial charge >= 0.3 is 0 Å². The van der Waals surface area contributed by atoms with Gasteiger partial charge in [0.05, 0.1) is 12.7 Å². The summed E-state index contributed by atoms with van der Waals surface area (Å²) in [5, 5.41) is 6.70. The Labute approximate surface area is 139 Å². The second-order valence-electron chi connectivity index (χ2n) is 5.81. The molecule has 6 nitrogen and oxygen atoms in total. The summed E-state index contributed by atoms with van der Waals surface area (Å²) in [7, 11) is 0. The van der Waals surface area contributed by atoms with Crippen LogP contribution in [0.4, 0.5) is 0 Å². The predicted octanol–water partition coefficient (Wildman–Crippen LogP) is 3.31. The van der Waals surface area contributed by atoms with Crippen LogP contribution in [0, 0.1) is 0 Å². The smallest absolute Gasteiger partial charge is 0.293 e. The number of amides is 1. The summed E-state index contributed by atoms with van der Waals surface area (Å²) in [6.45, 7) is 4.59. The molecule has 1 amide bonds. The molecule has 1 N–H and O–H groups in total. The Hall–Kier alpha value is -2.89. The standard InChI is InChI=1S/C18H19N3O3/c1-12(2)14-8-9-23-17(14)18-20-15(21-24-18)10-16(22)19-11-13-6-4-3-5-7-13/h3-9,12H,10-11H2,1-2H3,(H,19,22). The van der Waals surface area contributed by atoms with Crippen LogP contribution < -0.4 is 5.32 Å². The first-order chi connectivity index (χ1) is 11.6. The van der Waals surface area contributed by atoms with Crippen molar-refractivity contribution in [1.29, 1.82) is 0 Å². The molecule has 2 aromatic heterocycles. The van der Waals surface area contributed by atoms with Gasteiger partial charge in [0.15, 0.2) is 11.6 Å². The number of nitrogens with one attached hydrogen (secondary N) is 1. The molecule has 0 fully saturated rings. The maximum absolute atomic E-state index is 12.0. The molecule has 0 unspecified atom stereocenters. The van der Waals surface area contributed by atoms with Crippen molar-refractivity contribution in [2.75, 3.05) is 0 Å². The summed E-state index contributed by atoms with van der Waals surface area (Å²) < 4.78 is 10.7. The maximum Gasteiger partial charge on any atom is 0.293 e. The van der Waals surface area contributed by atoms with Gasteiger partial charge in [-0.05, 0) is 17.5 Å². The normalized spacial score (nSPS) is 11.0.